The molecule has 0 amide bonds. The van der Waals surface area contributed by atoms with Gasteiger partial charge in [0.15, 0.2) is 0 Å². The minimum absolute atomic E-state index is 0.503. The van der Waals surface area contributed by atoms with E-state index < -0.39 is 0 Å². The molecule has 0 N–H and O–H groups in total. The van der Waals surface area contributed by atoms with Crippen LogP contribution < -0.4 is 0 Å². The summed E-state index contributed by atoms with van der Waals surface area (Å²) in [6.07, 6.45) is 5.67. The van der Waals surface area contributed by atoms with E-state index in [2.05, 4.69) is 21.9 Å². The molecule has 4 nitrogen and oxygen atoms in total. The summed E-state index contributed by atoms with van der Waals surface area (Å²) in [5.41, 5.74) is 0.882. The Kier molecular flexibility index (Phi) is 3.43. The monoisotopic (exact) mass is 250 g/mol. The predicted octanol–water partition coefficient (Wildman–Crippen LogP) is 2.89. The summed E-state index contributed by atoms with van der Waals surface area (Å²) >= 11 is 6.08. The predicted molar refractivity (Wildman–Crippen MR) is 67.6 cm³/mol. The first kappa shape index (κ1) is 12.0. The van der Waals surface area contributed by atoms with Gasteiger partial charge in [0, 0.05) is 24.4 Å². The summed E-state index contributed by atoms with van der Waals surface area (Å²) in [7, 11) is 0. The van der Waals surface area contributed by atoms with E-state index in [0.717, 1.165) is 30.0 Å². The van der Waals surface area contributed by atoms with Crippen LogP contribution in [0.3, 0.4) is 0 Å². The van der Waals surface area contributed by atoms with Crippen molar-refractivity contribution < 1.29 is 0 Å². The molecular formula is C12H15ClN4. The maximum atomic E-state index is 6.08. The van der Waals surface area contributed by atoms with Crippen molar-refractivity contribution in [1.82, 2.24) is 19.5 Å². The van der Waals surface area contributed by atoms with Gasteiger partial charge in [-0.1, -0.05) is 18.5 Å². The molecule has 90 valence electrons. The van der Waals surface area contributed by atoms with Gasteiger partial charge in [-0.25, -0.2) is 15.0 Å². The fraction of sp³-hybridized carbons (Fsp3) is 0.417. The number of halogens is 1. The Morgan fingerprint density at radius 1 is 1.29 bits per heavy atom. The van der Waals surface area contributed by atoms with Gasteiger partial charge >= 0.3 is 0 Å². The van der Waals surface area contributed by atoms with Crippen LogP contribution in [0.2, 0.25) is 5.15 Å². The van der Waals surface area contributed by atoms with Crippen molar-refractivity contribution in [3.05, 3.63) is 34.8 Å². The highest BCUT2D eigenvalue weighted by atomic mass is 35.5. The maximum Gasteiger partial charge on any atom is 0.146 e. The molecule has 17 heavy (non-hydrogen) atoms. The van der Waals surface area contributed by atoms with Crippen LogP contribution in [0.5, 0.6) is 0 Å². The molecule has 2 aromatic rings. The zero-order valence-corrected chi connectivity index (χ0v) is 11.0. The average Bonchev–Trinajstić information content (AvgIpc) is 2.72. The Balaban J connectivity index is 2.56. The fourth-order valence-corrected chi connectivity index (χ4v) is 1.96. The van der Waals surface area contributed by atoms with Crippen LogP contribution in [0.15, 0.2) is 12.4 Å². The van der Waals surface area contributed by atoms with Crippen molar-refractivity contribution in [2.45, 2.75) is 33.6 Å². The summed E-state index contributed by atoms with van der Waals surface area (Å²) in [5, 5.41) is 0.503. The van der Waals surface area contributed by atoms with Gasteiger partial charge < -0.3 is 0 Å². The summed E-state index contributed by atoms with van der Waals surface area (Å²) < 4.78 is 1.99. The topological polar surface area (TPSA) is 43.6 Å². The van der Waals surface area contributed by atoms with Crippen LogP contribution in [0, 0.1) is 13.8 Å². The van der Waals surface area contributed by atoms with Gasteiger partial charge in [0.2, 0.25) is 0 Å². The third-order valence-electron chi connectivity index (χ3n) is 2.59. The van der Waals surface area contributed by atoms with Crippen LogP contribution in [0.1, 0.15) is 30.6 Å². The summed E-state index contributed by atoms with van der Waals surface area (Å²) in [4.78, 5) is 12.9. The van der Waals surface area contributed by atoms with Crippen molar-refractivity contribution in [2.24, 2.45) is 0 Å². The van der Waals surface area contributed by atoms with Gasteiger partial charge in [0.05, 0.1) is 0 Å². The lowest BCUT2D eigenvalue weighted by Gasteiger charge is -2.10. The number of aryl methyl sites for hydroxylation is 2. The second-order valence-electron chi connectivity index (χ2n) is 3.97. The van der Waals surface area contributed by atoms with E-state index in [-0.39, 0.29) is 0 Å². The molecule has 0 saturated heterocycles. The number of hydrogen-bond donors (Lipinski definition) is 0. The van der Waals surface area contributed by atoms with Gasteiger partial charge in [0.25, 0.3) is 0 Å². The van der Waals surface area contributed by atoms with Crippen molar-refractivity contribution in [3.63, 3.8) is 0 Å². The molecule has 0 aliphatic carbocycles. The van der Waals surface area contributed by atoms with Crippen LogP contribution in [0.4, 0.5) is 0 Å². The lowest BCUT2D eigenvalue weighted by molar-refractivity contribution is 0.787. The largest absolute Gasteiger partial charge is 0.288 e. The fourth-order valence-electron chi connectivity index (χ4n) is 1.75. The van der Waals surface area contributed by atoms with E-state index in [1.165, 1.54) is 0 Å². The first-order valence-electron chi connectivity index (χ1n) is 5.66. The van der Waals surface area contributed by atoms with Gasteiger partial charge in [0.1, 0.15) is 22.6 Å². The minimum atomic E-state index is 0.503. The SMILES string of the molecule is CCCc1nccn1-c1nc(C)nc(Cl)c1C. The average molecular weight is 251 g/mol. The van der Waals surface area contributed by atoms with E-state index in [0.29, 0.717) is 11.0 Å². The van der Waals surface area contributed by atoms with E-state index in [4.69, 9.17) is 11.6 Å². The second-order valence-corrected chi connectivity index (χ2v) is 4.33. The zero-order valence-electron chi connectivity index (χ0n) is 10.2. The highest BCUT2D eigenvalue weighted by Crippen LogP contribution is 2.20. The smallest absolute Gasteiger partial charge is 0.146 e. The first-order valence-corrected chi connectivity index (χ1v) is 6.04. The molecule has 0 spiro atoms. The lowest BCUT2D eigenvalue weighted by Crippen LogP contribution is -2.07. The molecule has 2 heterocycles. The van der Waals surface area contributed by atoms with Crippen LogP contribution in [-0.4, -0.2) is 19.5 Å². The van der Waals surface area contributed by atoms with E-state index in [9.17, 15) is 0 Å². The standard InChI is InChI=1S/C12H15ClN4/c1-4-5-10-14-6-7-17(10)12-8(2)11(13)15-9(3)16-12/h6-7H,4-5H2,1-3H3. The van der Waals surface area contributed by atoms with Gasteiger partial charge in [-0.15, -0.1) is 0 Å². The molecule has 0 aromatic carbocycles. The van der Waals surface area contributed by atoms with Gasteiger partial charge in [-0.3, -0.25) is 4.57 Å². The Morgan fingerprint density at radius 2 is 2.06 bits per heavy atom. The molecule has 0 bridgehead atoms. The van der Waals surface area contributed by atoms with Crippen LogP contribution in [0.25, 0.3) is 5.82 Å². The van der Waals surface area contributed by atoms with Crippen LogP contribution >= 0.6 is 11.6 Å². The van der Waals surface area contributed by atoms with Crippen molar-refractivity contribution in [3.8, 4) is 5.82 Å². The molecule has 2 rings (SSSR count). The molecule has 0 saturated carbocycles. The zero-order chi connectivity index (χ0) is 12.4. The number of rotatable bonds is 3. The highest BCUT2D eigenvalue weighted by molar-refractivity contribution is 6.30. The third kappa shape index (κ3) is 2.31. The van der Waals surface area contributed by atoms with Gasteiger partial charge in [-0.2, -0.15) is 0 Å². The number of hydrogen-bond acceptors (Lipinski definition) is 3. The second kappa shape index (κ2) is 4.84. The minimum Gasteiger partial charge on any atom is -0.288 e. The van der Waals surface area contributed by atoms with Gasteiger partial charge in [-0.05, 0) is 20.3 Å². The molecule has 5 heteroatoms. The highest BCUT2D eigenvalue weighted by Gasteiger charge is 2.12. The molecule has 0 aliphatic rings. The molecule has 0 radical (unpaired) electrons. The van der Waals surface area contributed by atoms with E-state index in [1.54, 1.807) is 6.20 Å². The van der Waals surface area contributed by atoms with E-state index in [1.807, 2.05) is 24.6 Å². The number of imidazole rings is 1. The molecular weight excluding hydrogens is 236 g/mol. The summed E-state index contributed by atoms with van der Waals surface area (Å²) in [5.74, 6) is 2.50. The Morgan fingerprint density at radius 3 is 2.76 bits per heavy atom. The van der Waals surface area contributed by atoms with E-state index >= 15 is 0 Å². The Bertz CT molecular complexity index is 533. The number of nitrogens with zero attached hydrogens (tertiary/aromatic N) is 4. The van der Waals surface area contributed by atoms with Crippen LogP contribution in [-0.2, 0) is 6.42 Å². The van der Waals surface area contributed by atoms with Crippen molar-refractivity contribution in [2.75, 3.05) is 0 Å². The number of aromatic nitrogens is 4. The van der Waals surface area contributed by atoms with Crippen molar-refractivity contribution in [1.29, 1.82) is 0 Å². The lowest BCUT2D eigenvalue weighted by atomic mass is 10.3. The Hall–Kier alpha value is -1.42. The first-order chi connectivity index (χ1) is 8.13. The van der Waals surface area contributed by atoms with Crippen molar-refractivity contribution >= 4 is 11.6 Å². The molecule has 0 aliphatic heterocycles. The molecule has 0 fully saturated rings. The maximum absolute atomic E-state index is 6.08. The Labute approximate surface area is 106 Å². The summed E-state index contributed by atoms with van der Waals surface area (Å²) in [6.45, 7) is 5.89. The molecule has 0 atom stereocenters. The summed E-state index contributed by atoms with van der Waals surface area (Å²) in [6, 6.07) is 0. The molecule has 0 unspecified atom stereocenters. The quantitative estimate of drug-likeness (QED) is 0.787. The normalized spacial score (nSPS) is 10.8. The molecule has 2 aromatic heterocycles. The third-order valence-corrected chi connectivity index (χ3v) is 2.96.